The average Bonchev–Trinajstić information content (AvgIpc) is 3.02. The van der Waals surface area contributed by atoms with Crippen LogP contribution in [0.2, 0.25) is 0 Å². The number of aryl methyl sites for hydroxylation is 1. The number of rotatable bonds is 6. The summed E-state index contributed by atoms with van der Waals surface area (Å²) in [6.45, 7) is 10.4. The number of carbonyl (C=O) groups is 1. The number of thiazole rings is 1. The molecule has 0 amide bonds. The van der Waals surface area contributed by atoms with Crippen molar-refractivity contribution in [2.24, 2.45) is 0 Å². The molecule has 0 bridgehead atoms. The van der Waals surface area contributed by atoms with E-state index in [1.807, 2.05) is 19.1 Å². The summed E-state index contributed by atoms with van der Waals surface area (Å²) >= 11 is 1.68. The SMILES string of the molecule is Cc1nc(CN2CCN([C@@H](C(=O)O)c3ccc(C(C)C)cc3)CC2)cs1. The van der Waals surface area contributed by atoms with E-state index in [-0.39, 0.29) is 0 Å². The van der Waals surface area contributed by atoms with Crippen molar-refractivity contribution in [3.05, 3.63) is 51.5 Å². The topological polar surface area (TPSA) is 56.7 Å². The first kappa shape index (κ1) is 19.0. The highest BCUT2D eigenvalue weighted by molar-refractivity contribution is 7.09. The Labute approximate surface area is 159 Å². The smallest absolute Gasteiger partial charge is 0.325 e. The van der Waals surface area contributed by atoms with Gasteiger partial charge in [-0.3, -0.25) is 14.6 Å². The highest BCUT2D eigenvalue weighted by atomic mass is 32.1. The van der Waals surface area contributed by atoms with Crippen LogP contribution >= 0.6 is 11.3 Å². The molecule has 6 heteroatoms. The average molecular weight is 374 g/mol. The molecule has 1 aromatic carbocycles. The molecule has 1 fully saturated rings. The Bertz CT molecular complexity index is 734. The van der Waals surface area contributed by atoms with E-state index in [1.54, 1.807) is 11.3 Å². The number of hydrogen-bond donors (Lipinski definition) is 1. The van der Waals surface area contributed by atoms with Gasteiger partial charge in [-0.15, -0.1) is 11.3 Å². The van der Waals surface area contributed by atoms with Crippen LogP contribution in [0.3, 0.4) is 0 Å². The van der Waals surface area contributed by atoms with Crippen LogP contribution in [0.5, 0.6) is 0 Å². The summed E-state index contributed by atoms with van der Waals surface area (Å²) in [6.07, 6.45) is 0. The molecular weight excluding hydrogens is 346 g/mol. The van der Waals surface area contributed by atoms with Crippen molar-refractivity contribution in [1.82, 2.24) is 14.8 Å². The van der Waals surface area contributed by atoms with Gasteiger partial charge in [0, 0.05) is 38.1 Å². The zero-order valence-electron chi connectivity index (χ0n) is 15.7. The summed E-state index contributed by atoms with van der Waals surface area (Å²) in [5, 5.41) is 13.0. The van der Waals surface area contributed by atoms with Crippen molar-refractivity contribution in [2.45, 2.75) is 39.3 Å². The fourth-order valence-corrected chi connectivity index (χ4v) is 4.07. The quantitative estimate of drug-likeness (QED) is 0.840. The number of carboxylic acid groups (broad SMARTS) is 1. The van der Waals surface area contributed by atoms with Crippen LogP contribution in [0.15, 0.2) is 29.6 Å². The van der Waals surface area contributed by atoms with Crippen LogP contribution in [0, 0.1) is 6.92 Å². The molecule has 2 heterocycles. The molecule has 0 radical (unpaired) electrons. The summed E-state index contributed by atoms with van der Waals surface area (Å²) in [7, 11) is 0. The van der Waals surface area contributed by atoms with Gasteiger partial charge < -0.3 is 5.11 Å². The Morgan fingerprint density at radius 1 is 1.15 bits per heavy atom. The van der Waals surface area contributed by atoms with E-state index in [0.29, 0.717) is 5.92 Å². The van der Waals surface area contributed by atoms with E-state index in [1.165, 1.54) is 5.56 Å². The van der Waals surface area contributed by atoms with Gasteiger partial charge in [-0.05, 0) is 24.0 Å². The predicted octanol–water partition coefficient (Wildman–Crippen LogP) is 3.52. The molecule has 1 aliphatic heterocycles. The molecule has 26 heavy (non-hydrogen) atoms. The first-order chi connectivity index (χ1) is 12.4. The molecule has 2 aromatic rings. The Balaban J connectivity index is 1.64. The summed E-state index contributed by atoms with van der Waals surface area (Å²) < 4.78 is 0. The first-order valence-corrected chi connectivity index (χ1v) is 10.0. The summed E-state index contributed by atoms with van der Waals surface area (Å²) in [4.78, 5) is 20.9. The summed E-state index contributed by atoms with van der Waals surface area (Å²) in [6, 6.07) is 7.48. The summed E-state index contributed by atoms with van der Waals surface area (Å²) in [5.41, 5.74) is 3.21. The molecule has 0 saturated carbocycles. The third-order valence-electron chi connectivity index (χ3n) is 4.98. The van der Waals surface area contributed by atoms with Gasteiger partial charge in [0.05, 0.1) is 10.7 Å². The summed E-state index contributed by atoms with van der Waals surface area (Å²) in [5.74, 6) is -0.323. The Hall–Kier alpha value is -1.76. The van der Waals surface area contributed by atoms with Gasteiger partial charge >= 0.3 is 5.97 Å². The van der Waals surface area contributed by atoms with Crippen molar-refractivity contribution >= 4 is 17.3 Å². The number of nitrogens with zero attached hydrogens (tertiary/aromatic N) is 3. The van der Waals surface area contributed by atoms with Crippen LogP contribution in [0.4, 0.5) is 0 Å². The zero-order valence-corrected chi connectivity index (χ0v) is 16.5. The van der Waals surface area contributed by atoms with Crippen molar-refractivity contribution in [3.8, 4) is 0 Å². The normalized spacial score (nSPS) is 17.5. The molecule has 1 N–H and O–H groups in total. The lowest BCUT2D eigenvalue weighted by molar-refractivity contribution is -0.144. The second kappa shape index (κ2) is 8.29. The van der Waals surface area contributed by atoms with Gasteiger partial charge in [-0.25, -0.2) is 4.98 Å². The molecule has 1 aromatic heterocycles. The zero-order chi connectivity index (χ0) is 18.7. The molecule has 1 saturated heterocycles. The third kappa shape index (κ3) is 4.50. The Morgan fingerprint density at radius 2 is 1.77 bits per heavy atom. The van der Waals surface area contributed by atoms with Crippen LogP contribution in [0.1, 0.15) is 47.6 Å². The van der Waals surface area contributed by atoms with Crippen molar-refractivity contribution in [2.75, 3.05) is 26.2 Å². The first-order valence-electron chi connectivity index (χ1n) is 9.14. The largest absolute Gasteiger partial charge is 0.480 e. The van der Waals surface area contributed by atoms with E-state index in [4.69, 9.17) is 0 Å². The number of aromatic nitrogens is 1. The second-order valence-corrected chi connectivity index (χ2v) is 8.29. The van der Waals surface area contributed by atoms with Crippen molar-refractivity contribution in [1.29, 1.82) is 0 Å². The maximum Gasteiger partial charge on any atom is 0.325 e. The monoisotopic (exact) mass is 373 g/mol. The molecule has 0 spiro atoms. The molecule has 0 aliphatic carbocycles. The Morgan fingerprint density at radius 3 is 2.27 bits per heavy atom. The van der Waals surface area contributed by atoms with E-state index in [2.05, 4.69) is 46.1 Å². The van der Waals surface area contributed by atoms with Crippen LogP contribution < -0.4 is 0 Å². The molecule has 1 atom stereocenters. The van der Waals surface area contributed by atoms with E-state index >= 15 is 0 Å². The maximum absolute atomic E-state index is 11.9. The lowest BCUT2D eigenvalue weighted by atomic mass is 9.98. The van der Waals surface area contributed by atoms with Gasteiger partial charge in [0.25, 0.3) is 0 Å². The lowest BCUT2D eigenvalue weighted by Crippen LogP contribution is -2.48. The number of piperazine rings is 1. The van der Waals surface area contributed by atoms with Gasteiger partial charge in [-0.2, -0.15) is 0 Å². The fourth-order valence-electron chi connectivity index (χ4n) is 3.46. The van der Waals surface area contributed by atoms with Crippen LogP contribution in [-0.2, 0) is 11.3 Å². The third-order valence-corrected chi connectivity index (χ3v) is 5.80. The van der Waals surface area contributed by atoms with Crippen molar-refractivity contribution in [3.63, 3.8) is 0 Å². The standard InChI is InChI=1S/C20H27N3O2S/c1-14(2)16-4-6-17(7-5-16)19(20(24)25)23-10-8-22(9-11-23)12-18-13-26-15(3)21-18/h4-7,13-14,19H,8-12H2,1-3H3,(H,24,25)/t19-/m1/s1. The van der Waals surface area contributed by atoms with Gasteiger partial charge in [0.1, 0.15) is 6.04 Å². The van der Waals surface area contributed by atoms with E-state index in [0.717, 1.165) is 49.0 Å². The minimum Gasteiger partial charge on any atom is -0.480 e. The lowest BCUT2D eigenvalue weighted by Gasteiger charge is -2.37. The molecule has 5 nitrogen and oxygen atoms in total. The van der Waals surface area contributed by atoms with Crippen LogP contribution in [-0.4, -0.2) is 52.0 Å². The number of carboxylic acids is 1. The van der Waals surface area contributed by atoms with E-state index in [9.17, 15) is 9.90 Å². The number of hydrogen-bond acceptors (Lipinski definition) is 5. The molecular formula is C20H27N3O2S. The molecule has 3 rings (SSSR count). The second-order valence-electron chi connectivity index (χ2n) is 7.23. The highest BCUT2D eigenvalue weighted by Gasteiger charge is 2.30. The van der Waals surface area contributed by atoms with Crippen LogP contribution in [0.25, 0.3) is 0 Å². The number of benzene rings is 1. The number of aliphatic carboxylic acids is 1. The minimum atomic E-state index is -0.772. The minimum absolute atomic E-state index is 0.449. The highest BCUT2D eigenvalue weighted by Crippen LogP contribution is 2.25. The molecule has 0 unspecified atom stereocenters. The molecule has 140 valence electrons. The maximum atomic E-state index is 11.9. The fraction of sp³-hybridized carbons (Fsp3) is 0.500. The van der Waals surface area contributed by atoms with Gasteiger partial charge in [-0.1, -0.05) is 38.1 Å². The van der Waals surface area contributed by atoms with E-state index < -0.39 is 12.0 Å². The molecule has 1 aliphatic rings. The van der Waals surface area contributed by atoms with Crippen molar-refractivity contribution < 1.29 is 9.90 Å². The Kier molecular flexibility index (Phi) is 6.06. The van der Waals surface area contributed by atoms with Gasteiger partial charge in [0.2, 0.25) is 0 Å². The van der Waals surface area contributed by atoms with Gasteiger partial charge in [0.15, 0.2) is 0 Å². The predicted molar refractivity (Wildman–Crippen MR) is 105 cm³/mol.